The van der Waals surface area contributed by atoms with E-state index in [2.05, 4.69) is 4.90 Å². The Bertz CT molecular complexity index is 683. The molecule has 2 heterocycles. The Hall–Kier alpha value is -0.370. The van der Waals surface area contributed by atoms with E-state index in [0.717, 1.165) is 31.2 Å². The zero-order valence-corrected chi connectivity index (χ0v) is 16.7. The van der Waals surface area contributed by atoms with Crippen molar-refractivity contribution in [1.82, 2.24) is 13.5 Å². The zero-order valence-electron chi connectivity index (χ0n) is 14.3. The second kappa shape index (κ2) is 8.55. The standard InChI is InChI=1S/C17H25Cl2N3O2S/c18-16-6-5-15(17(19)13-16)14-20-9-11-22(12-10-20)25(23,24)21-7-3-1-2-4-8-21/h5-6,13H,1-4,7-12,14H2. The molecular formula is C17H25Cl2N3O2S. The Balaban J connectivity index is 1.57. The molecule has 140 valence electrons. The molecule has 0 bridgehead atoms. The summed E-state index contributed by atoms with van der Waals surface area (Å²) in [6.07, 6.45) is 4.19. The van der Waals surface area contributed by atoms with Crippen molar-refractivity contribution in [3.63, 3.8) is 0 Å². The molecule has 0 N–H and O–H groups in total. The van der Waals surface area contributed by atoms with Crippen LogP contribution < -0.4 is 0 Å². The van der Waals surface area contributed by atoms with Crippen molar-refractivity contribution in [2.45, 2.75) is 32.2 Å². The molecule has 0 aliphatic carbocycles. The maximum atomic E-state index is 12.8. The minimum absolute atomic E-state index is 0.532. The van der Waals surface area contributed by atoms with Gasteiger partial charge in [-0.15, -0.1) is 0 Å². The number of piperazine rings is 1. The third-order valence-electron chi connectivity index (χ3n) is 4.96. The van der Waals surface area contributed by atoms with Gasteiger partial charge < -0.3 is 0 Å². The Labute approximate surface area is 160 Å². The maximum absolute atomic E-state index is 12.8. The minimum Gasteiger partial charge on any atom is -0.296 e. The maximum Gasteiger partial charge on any atom is 0.282 e. The van der Waals surface area contributed by atoms with Gasteiger partial charge in [-0.3, -0.25) is 4.90 Å². The van der Waals surface area contributed by atoms with Crippen molar-refractivity contribution in [3.05, 3.63) is 33.8 Å². The lowest BCUT2D eigenvalue weighted by Crippen LogP contribution is -2.52. The van der Waals surface area contributed by atoms with E-state index in [0.29, 0.717) is 55.9 Å². The van der Waals surface area contributed by atoms with E-state index in [1.807, 2.05) is 12.1 Å². The van der Waals surface area contributed by atoms with Crippen LogP contribution in [-0.4, -0.2) is 61.2 Å². The van der Waals surface area contributed by atoms with E-state index < -0.39 is 10.2 Å². The van der Waals surface area contributed by atoms with Crippen molar-refractivity contribution in [1.29, 1.82) is 0 Å². The molecular weight excluding hydrogens is 381 g/mol. The van der Waals surface area contributed by atoms with Gasteiger partial charge in [-0.2, -0.15) is 17.0 Å². The smallest absolute Gasteiger partial charge is 0.282 e. The van der Waals surface area contributed by atoms with Crippen molar-refractivity contribution < 1.29 is 8.42 Å². The number of hydrogen-bond acceptors (Lipinski definition) is 3. The van der Waals surface area contributed by atoms with Crippen LogP contribution in [0.5, 0.6) is 0 Å². The molecule has 8 heteroatoms. The molecule has 1 aromatic rings. The van der Waals surface area contributed by atoms with Gasteiger partial charge in [0.15, 0.2) is 0 Å². The van der Waals surface area contributed by atoms with Gasteiger partial charge in [-0.25, -0.2) is 0 Å². The predicted octanol–water partition coefficient (Wildman–Crippen LogP) is 3.23. The molecule has 3 rings (SSSR count). The Kier molecular flexibility index (Phi) is 6.63. The van der Waals surface area contributed by atoms with Crippen molar-refractivity contribution in [3.8, 4) is 0 Å². The number of benzene rings is 1. The van der Waals surface area contributed by atoms with E-state index in [-0.39, 0.29) is 0 Å². The lowest BCUT2D eigenvalue weighted by atomic mass is 10.2. The highest BCUT2D eigenvalue weighted by Crippen LogP contribution is 2.23. The van der Waals surface area contributed by atoms with Gasteiger partial charge in [-0.1, -0.05) is 42.1 Å². The van der Waals surface area contributed by atoms with Crippen LogP contribution in [0, 0.1) is 0 Å². The molecule has 0 aromatic heterocycles. The second-order valence-corrected chi connectivity index (χ2v) is 9.50. The fraction of sp³-hybridized carbons (Fsp3) is 0.647. The predicted molar refractivity (Wildman–Crippen MR) is 102 cm³/mol. The van der Waals surface area contributed by atoms with Gasteiger partial charge in [0.2, 0.25) is 0 Å². The quantitative estimate of drug-likeness (QED) is 0.771. The minimum atomic E-state index is -3.32. The summed E-state index contributed by atoms with van der Waals surface area (Å²) in [6.45, 7) is 4.52. The van der Waals surface area contributed by atoms with E-state index in [4.69, 9.17) is 23.2 Å². The summed E-state index contributed by atoms with van der Waals surface area (Å²) in [7, 11) is -3.32. The highest BCUT2D eigenvalue weighted by Gasteiger charge is 2.32. The van der Waals surface area contributed by atoms with E-state index in [9.17, 15) is 8.42 Å². The summed E-state index contributed by atoms with van der Waals surface area (Å²) in [5.41, 5.74) is 1.02. The normalized spacial score (nSPS) is 22.0. The van der Waals surface area contributed by atoms with Crippen molar-refractivity contribution >= 4 is 33.4 Å². The molecule has 0 spiro atoms. The first-order valence-electron chi connectivity index (χ1n) is 8.88. The molecule has 0 amide bonds. The molecule has 1 aromatic carbocycles. The largest absolute Gasteiger partial charge is 0.296 e. The first kappa shape index (κ1) is 19.4. The van der Waals surface area contributed by atoms with E-state index >= 15 is 0 Å². The molecule has 0 unspecified atom stereocenters. The van der Waals surface area contributed by atoms with Crippen LogP contribution in [0.15, 0.2) is 18.2 Å². The lowest BCUT2D eigenvalue weighted by Gasteiger charge is -2.36. The summed E-state index contributed by atoms with van der Waals surface area (Å²) >= 11 is 12.2. The van der Waals surface area contributed by atoms with Gasteiger partial charge in [0.05, 0.1) is 0 Å². The third kappa shape index (κ3) is 4.87. The molecule has 0 saturated carbocycles. The van der Waals surface area contributed by atoms with Crippen molar-refractivity contribution in [2.75, 3.05) is 39.3 Å². The molecule has 2 saturated heterocycles. The Morgan fingerprint density at radius 1 is 0.840 bits per heavy atom. The highest BCUT2D eigenvalue weighted by atomic mass is 35.5. The summed E-state index contributed by atoms with van der Waals surface area (Å²) in [6, 6.07) is 5.52. The molecule has 5 nitrogen and oxygen atoms in total. The molecule has 2 aliphatic rings. The van der Waals surface area contributed by atoms with Gasteiger partial charge >= 0.3 is 0 Å². The van der Waals surface area contributed by atoms with Crippen LogP contribution in [0.4, 0.5) is 0 Å². The van der Waals surface area contributed by atoms with E-state index in [1.165, 1.54) is 0 Å². The molecule has 2 aliphatic heterocycles. The van der Waals surface area contributed by atoms with Crippen LogP contribution in [0.25, 0.3) is 0 Å². The van der Waals surface area contributed by atoms with Crippen molar-refractivity contribution in [2.24, 2.45) is 0 Å². The number of hydrogen-bond donors (Lipinski definition) is 0. The van der Waals surface area contributed by atoms with Crippen LogP contribution in [0.3, 0.4) is 0 Å². The fourth-order valence-corrected chi connectivity index (χ4v) is 5.58. The number of rotatable bonds is 4. The summed E-state index contributed by atoms with van der Waals surface area (Å²) in [4.78, 5) is 2.24. The molecule has 0 atom stereocenters. The molecule has 0 radical (unpaired) electrons. The number of nitrogens with zero attached hydrogens (tertiary/aromatic N) is 3. The topological polar surface area (TPSA) is 43.9 Å². The SMILES string of the molecule is O=S(=O)(N1CCCCCC1)N1CCN(Cc2ccc(Cl)cc2Cl)CC1. The average molecular weight is 406 g/mol. The van der Waals surface area contributed by atoms with Gasteiger partial charge in [0.1, 0.15) is 0 Å². The zero-order chi connectivity index (χ0) is 17.9. The molecule has 2 fully saturated rings. The van der Waals surface area contributed by atoms with Gasteiger partial charge in [0, 0.05) is 55.9 Å². The van der Waals surface area contributed by atoms with Crippen LogP contribution in [0.2, 0.25) is 10.0 Å². The monoisotopic (exact) mass is 405 g/mol. The Morgan fingerprint density at radius 2 is 1.44 bits per heavy atom. The van der Waals surface area contributed by atoms with E-state index in [1.54, 1.807) is 14.7 Å². The summed E-state index contributed by atoms with van der Waals surface area (Å²) < 4.78 is 29.0. The average Bonchev–Trinajstić information content (AvgIpc) is 2.88. The van der Waals surface area contributed by atoms with Crippen LogP contribution in [0.1, 0.15) is 31.2 Å². The lowest BCUT2D eigenvalue weighted by molar-refractivity contribution is 0.175. The van der Waals surface area contributed by atoms with Crippen LogP contribution >= 0.6 is 23.2 Å². The first-order chi connectivity index (χ1) is 12.0. The first-order valence-corrected chi connectivity index (χ1v) is 11.0. The highest BCUT2D eigenvalue weighted by molar-refractivity contribution is 7.86. The Morgan fingerprint density at radius 3 is 2.04 bits per heavy atom. The fourth-order valence-electron chi connectivity index (χ4n) is 3.44. The number of halogens is 2. The summed E-state index contributed by atoms with van der Waals surface area (Å²) in [5, 5.41) is 1.29. The summed E-state index contributed by atoms with van der Waals surface area (Å²) in [5.74, 6) is 0. The van der Waals surface area contributed by atoms with Gasteiger partial charge in [-0.05, 0) is 30.5 Å². The van der Waals surface area contributed by atoms with Gasteiger partial charge in [0.25, 0.3) is 10.2 Å². The molecule has 25 heavy (non-hydrogen) atoms. The second-order valence-electron chi connectivity index (χ2n) is 6.73. The third-order valence-corrected chi connectivity index (χ3v) is 7.58. The van der Waals surface area contributed by atoms with Crippen LogP contribution in [-0.2, 0) is 16.8 Å².